The molecule has 0 aliphatic rings. The van der Waals surface area contributed by atoms with Crippen molar-refractivity contribution in [2.24, 2.45) is 5.92 Å². The molecule has 0 aliphatic heterocycles. The maximum Gasteiger partial charge on any atom is 0.243 e. The zero-order chi connectivity index (χ0) is 15.2. The Kier molecular flexibility index (Phi) is 6.65. The minimum Gasteiger partial charge on any atom is -0.392 e. The van der Waals surface area contributed by atoms with Crippen LogP contribution in [0.1, 0.15) is 39.2 Å². The largest absolute Gasteiger partial charge is 0.392 e. The van der Waals surface area contributed by atoms with Gasteiger partial charge in [0.1, 0.15) is 0 Å². The lowest BCUT2D eigenvalue weighted by molar-refractivity contribution is 0.281. The van der Waals surface area contributed by atoms with Crippen LogP contribution in [0.3, 0.4) is 0 Å². The van der Waals surface area contributed by atoms with Crippen molar-refractivity contribution < 1.29 is 13.5 Å². The molecule has 0 bridgehead atoms. The first-order valence-electron chi connectivity index (χ1n) is 7.19. The van der Waals surface area contributed by atoms with Gasteiger partial charge in [-0.1, -0.05) is 45.7 Å². The smallest absolute Gasteiger partial charge is 0.243 e. The number of hydrogen-bond acceptors (Lipinski definition) is 3. The molecule has 0 saturated carbocycles. The van der Waals surface area contributed by atoms with Gasteiger partial charge in [0, 0.05) is 13.1 Å². The first-order valence-corrected chi connectivity index (χ1v) is 8.63. The molecule has 0 saturated heterocycles. The van der Waals surface area contributed by atoms with Crippen LogP contribution in [-0.2, 0) is 16.6 Å². The molecule has 0 spiro atoms. The molecule has 0 heterocycles. The minimum absolute atomic E-state index is 0.151. The summed E-state index contributed by atoms with van der Waals surface area (Å²) in [6.45, 7) is 6.89. The van der Waals surface area contributed by atoms with Gasteiger partial charge in [0.05, 0.1) is 11.5 Å². The third-order valence-corrected chi connectivity index (χ3v) is 5.62. The molecule has 0 amide bonds. The predicted octanol–water partition coefficient (Wildman–Crippen LogP) is 2.63. The summed E-state index contributed by atoms with van der Waals surface area (Å²) in [5.41, 5.74) is 0.615. The third-order valence-electron chi connectivity index (χ3n) is 3.69. The molecule has 20 heavy (non-hydrogen) atoms. The fourth-order valence-corrected chi connectivity index (χ4v) is 3.78. The Morgan fingerprint density at radius 1 is 1.20 bits per heavy atom. The summed E-state index contributed by atoms with van der Waals surface area (Å²) in [5.74, 6) is 0.380. The summed E-state index contributed by atoms with van der Waals surface area (Å²) in [5, 5.41) is 9.14. The van der Waals surface area contributed by atoms with Crippen molar-refractivity contribution in [3.63, 3.8) is 0 Å². The molecule has 0 radical (unpaired) electrons. The van der Waals surface area contributed by atoms with E-state index in [1.807, 2.05) is 6.92 Å². The Bertz CT molecular complexity index is 510. The van der Waals surface area contributed by atoms with Crippen molar-refractivity contribution in [2.45, 2.75) is 45.1 Å². The van der Waals surface area contributed by atoms with Crippen molar-refractivity contribution >= 4 is 10.0 Å². The predicted molar refractivity (Wildman–Crippen MR) is 80.9 cm³/mol. The van der Waals surface area contributed by atoms with Gasteiger partial charge in [-0.3, -0.25) is 0 Å². The molecule has 114 valence electrons. The van der Waals surface area contributed by atoms with Crippen molar-refractivity contribution in [1.29, 1.82) is 0 Å². The van der Waals surface area contributed by atoms with Gasteiger partial charge >= 0.3 is 0 Å². The Morgan fingerprint density at radius 2 is 1.85 bits per heavy atom. The first-order chi connectivity index (χ1) is 9.49. The molecule has 1 rings (SSSR count). The van der Waals surface area contributed by atoms with E-state index in [1.165, 1.54) is 4.31 Å². The summed E-state index contributed by atoms with van der Waals surface area (Å²) < 4.78 is 26.8. The van der Waals surface area contributed by atoms with Crippen LogP contribution >= 0.6 is 0 Å². The third kappa shape index (κ3) is 4.04. The van der Waals surface area contributed by atoms with Crippen molar-refractivity contribution in [2.75, 3.05) is 13.1 Å². The van der Waals surface area contributed by atoms with Gasteiger partial charge in [0.2, 0.25) is 10.0 Å². The van der Waals surface area contributed by atoms with Crippen LogP contribution in [0.4, 0.5) is 0 Å². The topological polar surface area (TPSA) is 57.6 Å². The summed E-state index contributed by atoms with van der Waals surface area (Å²) in [6.07, 6.45) is 1.94. The number of aliphatic hydroxyl groups excluding tert-OH is 1. The lowest BCUT2D eigenvalue weighted by Gasteiger charge is -2.25. The van der Waals surface area contributed by atoms with Crippen molar-refractivity contribution in [3.8, 4) is 0 Å². The van der Waals surface area contributed by atoms with E-state index in [9.17, 15) is 8.42 Å². The molecule has 4 nitrogen and oxygen atoms in total. The van der Waals surface area contributed by atoms with Gasteiger partial charge in [-0.05, 0) is 23.6 Å². The Labute approximate surface area is 122 Å². The highest BCUT2D eigenvalue weighted by atomic mass is 32.2. The molecule has 0 aliphatic carbocycles. The fraction of sp³-hybridized carbons (Fsp3) is 0.600. The minimum atomic E-state index is -3.48. The first kappa shape index (κ1) is 17.1. The van der Waals surface area contributed by atoms with Gasteiger partial charge in [0.15, 0.2) is 0 Å². The van der Waals surface area contributed by atoms with Gasteiger partial charge in [-0.2, -0.15) is 4.31 Å². The Balaban J connectivity index is 3.04. The number of rotatable bonds is 8. The number of aliphatic hydroxyl groups is 1. The highest BCUT2D eigenvalue weighted by Gasteiger charge is 2.25. The van der Waals surface area contributed by atoms with E-state index < -0.39 is 10.0 Å². The lowest BCUT2D eigenvalue weighted by Crippen LogP contribution is -2.35. The van der Waals surface area contributed by atoms with Gasteiger partial charge in [-0.25, -0.2) is 8.42 Å². The zero-order valence-electron chi connectivity index (χ0n) is 12.5. The normalized spacial score (nSPS) is 12.3. The Hall–Kier alpha value is -0.910. The van der Waals surface area contributed by atoms with Crippen molar-refractivity contribution in [1.82, 2.24) is 4.31 Å². The second kappa shape index (κ2) is 7.76. The molecular weight excluding hydrogens is 274 g/mol. The van der Waals surface area contributed by atoms with E-state index in [0.29, 0.717) is 24.6 Å². The van der Waals surface area contributed by atoms with E-state index in [0.717, 1.165) is 12.8 Å². The quantitative estimate of drug-likeness (QED) is 0.803. The zero-order valence-corrected chi connectivity index (χ0v) is 13.4. The fourth-order valence-electron chi connectivity index (χ4n) is 2.19. The van der Waals surface area contributed by atoms with E-state index in [1.54, 1.807) is 24.3 Å². The molecule has 0 fully saturated rings. The van der Waals surface area contributed by atoms with Crippen LogP contribution in [0.5, 0.6) is 0 Å². The average Bonchev–Trinajstić information content (AvgIpc) is 2.48. The molecule has 5 heteroatoms. The number of hydrogen-bond donors (Lipinski definition) is 1. The highest BCUT2D eigenvalue weighted by molar-refractivity contribution is 7.89. The molecule has 1 aromatic carbocycles. The maximum absolute atomic E-state index is 12.6. The average molecular weight is 299 g/mol. The monoisotopic (exact) mass is 299 g/mol. The molecule has 1 aromatic rings. The molecular formula is C15H25NO3S. The van der Waals surface area contributed by atoms with E-state index >= 15 is 0 Å². The Morgan fingerprint density at radius 3 is 2.35 bits per heavy atom. The molecule has 0 unspecified atom stereocenters. The summed E-state index contributed by atoms with van der Waals surface area (Å²) in [7, 11) is -3.48. The molecule has 1 N–H and O–H groups in total. The van der Waals surface area contributed by atoms with Gasteiger partial charge < -0.3 is 5.11 Å². The molecule has 0 aromatic heterocycles. The van der Waals surface area contributed by atoms with Crippen molar-refractivity contribution in [3.05, 3.63) is 29.8 Å². The van der Waals surface area contributed by atoms with E-state index in [2.05, 4.69) is 13.8 Å². The standard InChI is InChI=1S/C15H25NO3S/c1-4-13(5-2)11-16(6-3)20(18,19)15-9-7-8-14(10-15)12-17/h7-10,13,17H,4-6,11-12H2,1-3H3. The van der Waals surface area contributed by atoms with Crippen LogP contribution < -0.4 is 0 Å². The summed E-state index contributed by atoms with van der Waals surface area (Å²) in [4.78, 5) is 0.261. The number of benzene rings is 1. The summed E-state index contributed by atoms with van der Waals surface area (Å²) in [6, 6.07) is 6.52. The van der Waals surface area contributed by atoms with Gasteiger partial charge in [-0.15, -0.1) is 0 Å². The van der Waals surface area contributed by atoms with Crippen LogP contribution in [0.15, 0.2) is 29.2 Å². The van der Waals surface area contributed by atoms with Gasteiger partial charge in [0.25, 0.3) is 0 Å². The number of nitrogens with zero attached hydrogens (tertiary/aromatic N) is 1. The molecule has 0 atom stereocenters. The maximum atomic E-state index is 12.6. The van der Waals surface area contributed by atoms with Crippen LogP contribution in [-0.4, -0.2) is 30.9 Å². The second-order valence-electron chi connectivity index (χ2n) is 4.94. The van der Waals surface area contributed by atoms with Crippen LogP contribution in [0.2, 0.25) is 0 Å². The number of sulfonamides is 1. The van der Waals surface area contributed by atoms with Crippen LogP contribution in [0.25, 0.3) is 0 Å². The van der Waals surface area contributed by atoms with E-state index in [4.69, 9.17) is 5.11 Å². The summed E-state index contributed by atoms with van der Waals surface area (Å²) >= 11 is 0. The van der Waals surface area contributed by atoms with Crippen LogP contribution in [0, 0.1) is 5.92 Å². The lowest BCUT2D eigenvalue weighted by atomic mass is 10.0. The second-order valence-corrected chi connectivity index (χ2v) is 6.88. The highest BCUT2D eigenvalue weighted by Crippen LogP contribution is 2.20. The SMILES string of the molecule is CCC(CC)CN(CC)S(=O)(=O)c1cccc(CO)c1. The van der Waals surface area contributed by atoms with E-state index in [-0.39, 0.29) is 11.5 Å².